The van der Waals surface area contributed by atoms with E-state index in [9.17, 15) is 4.79 Å². The highest BCUT2D eigenvalue weighted by atomic mass is 16.5. The van der Waals surface area contributed by atoms with Gasteiger partial charge in [-0.25, -0.2) is 4.99 Å². The van der Waals surface area contributed by atoms with Gasteiger partial charge in [0.1, 0.15) is 5.76 Å². The summed E-state index contributed by atoms with van der Waals surface area (Å²) >= 11 is 0. The molecule has 0 radical (unpaired) electrons. The van der Waals surface area contributed by atoms with E-state index in [0.717, 1.165) is 54.3 Å². The molecule has 0 unspecified atom stereocenters. The number of guanidine groups is 1. The summed E-state index contributed by atoms with van der Waals surface area (Å²) < 4.78 is 5.43. The Morgan fingerprint density at radius 3 is 2.62 bits per heavy atom. The van der Waals surface area contributed by atoms with Crippen molar-refractivity contribution in [3.63, 3.8) is 0 Å². The minimum atomic E-state index is -0.0469. The fourth-order valence-corrected chi connectivity index (χ4v) is 2.97. The van der Waals surface area contributed by atoms with Gasteiger partial charge in [0.25, 0.3) is 5.91 Å². The summed E-state index contributed by atoms with van der Waals surface area (Å²) in [4.78, 5) is 16.8. The highest BCUT2D eigenvalue weighted by Crippen LogP contribution is 2.15. The van der Waals surface area contributed by atoms with Gasteiger partial charge in [-0.1, -0.05) is 38.1 Å². The first-order chi connectivity index (χ1) is 14.1. The molecule has 7 heteroatoms. The second kappa shape index (κ2) is 11.9. The summed E-state index contributed by atoms with van der Waals surface area (Å²) in [6.07, 6.45) is 2.56. The normalized spacial score (nSPS) is 11.4. The number of benzene rings is 1. The first kappa shape index (κ1) is 22.5. The SMILES string of the molecule is CCCNC(=O)c1cccc(CN=C(NCC)NCc2c(CC)noc2CC)c1. The summed E-state index contributed by atoms with van der Waals surface area (Å²) in [6, 6.07) is 7.59. The lowest BCUT2D eigenvalue weighted by atomic mass is 10.1. The van der Waals surface area contributed by atoms with Crippen LogP contribution < -0.4 is 16.0 Å². The summed E-state index contributed by atoms with van der Waals surface area (Å²) in [5.41, 5.74) is 3.74. The lowest BCUT2D eigenvalue weighted by Gasteiger charge is -2.12. The number of nitrogens with one attached hydrogen (secondary N) is 3. The highest BCUT2D eigenvalue weighted by molar-refractivity contribution is 5.94. The van der Waals surface area contributed by atoms with Crippen molar-refractivity contribution in [2.75, 3.05) is 13.1 Å². The van der Waals surface area contributed by atoms with Gasteiger partial charge in [-0.15, -0.1) is 0 Å². The Morgan fingerprint density at radius 2 is 1.93 bits per heavy atom. The maximum absolute atomic E-state index is 12.2. The molecule has 7 nitrogen and oxygen atoms in total. The van der Waals surface area contributed by atoms with E-state index in [1.165, 1.54) is 0 Å². The molecule has 0 bridgehead atoms. The summed E-state index contributed by atoms with van der Waals surface area (Å²) in [6.45, 7) is 10.7. The number of rotatable bonds is 10. The molecule has 0 atom stereocenters. The van der Waals surface area contributed by atoms with Crippen LogP contribution in [-0.2, 0) is 25.9 Å². The molecule has 29 heavy (non-hydrogen) atoms. The topological polar surface area (TPSA) is 91.5 Å². The van der Waals surface area contributed by atoms with Crippen molar-refractivity contribution < 1.29 is 9.32 Å². The van der Waals surface area contributed by atoms with Crippen molar-refractivity contribution in [3.05, 3.63) is 52.4 Å². The van der Waals surface area contributed by atoms with Crippen molar-refractivity contribution in [1.82, 2.24) is 21.1 Å². The zero-order valence-electron chi connectivity index (χ0n) is 18.0. The molecule has 0 fully saturated rings. The average Bonchev–Trinajstić information content (AvgIpc) is 3.16. The molecule has 1 aromatic carbocycles. The van der Waals surface area contributed by atoms with Crippen LogP contribution in [-0.4, -0.2) is 30.1 Å². The van der Waals surface area contributed by atoms with Crippen molar-refractivity contribution in [3.8, 4) is 0 Å². The molecule has 1 amide bonds. The highest BCUT2D eigenvalue weighted by Gasteiger charge is 2.13. The van der Waals surface area contributed by atoms with E-state index in [4.69, 9.17) is 4.52 Å². The predicted molar refractivity (Wildman–Crippen MR) is 116 cm³/mol. The van der Waals surface area contributed by atoms with Crippen LogP contribution in [0.15, 0.2) is 33.8 Å². The molecule has 1 aromatic heterocycles. The number of carbonyl (C=O) groups excluding carboxylic acids is 1. The van der Waals surface area contributed by atoms with Gasteiger partial charge in [0.05, 0.1) is 12.2 Å². The van der Waals surface area contributed by atoms with E-state index >= 15 is 0 Å². The van der Waals surface area contributed by atoms with Crippen LogP contribution in [0, 0.1) is 0 Å². The van der Waals surface area contributed by atoms with Crippen LogP contribution in [0.5, 0.6) is 0 Å². The van der Waals surface area contributed by atoms with Crippen LogP contribution in [0.3, 0.4) is 0 Å². The first-order valence-corrected chi connectivity index (χ1v) is 10.5. The van der Waals surface area contributed by atoms with Crippen molar-refractivity contribution in [1.29, 1.82) is 0 Å². The molecule has 3 N–H and O–H groups in total. The third kappa shape index (κ3) is 6.62. The van der Waals surface area contributed by atoms with Gasteiger partial charge >= 0.3 is 0 Å². The molecule has 158 valence electrons. The summed E-state index contributed by atoms with van der Waals surface area (Å²) in [5.74, 6) is 1.59. The van der Waals surface area contributed by atoms with Gasteiger partial charge in [0.15, 0.2) is 5.96 Å². The Balaban J connectivity index is 2.06. The molecule has 0 spiro atoms. The van der Waals surface area contributed by atoms with Gasteiger partial charge in [0.2, 0.25) is 0 Å². The zero-order valence-corrected chi connectivity index (χ0v) is 18.0. The largest absolute Gasteiger partial charge is 0.361 e. The van der Waals surface area contributed by atoms with Crippen LogP contribution in [0.25, 0.3) is 0 Å². The van der Waals surface area contributed by atoms with E-state index in [0.29, 0.717) is 25.2 Å². The molecule has 1 heterocycles. The van der Waals surface area contributed by atoms with Crippen LogP contribution >= 0.6 is 0 Å². The number of hydrogen-bond acceptors (Lipinski definition) is 4. The number of aliphatic imine (C=N–C) groups is 1. The molecule has 0 aliphatic heterocycles. The molecule has 0 saturated carbocycles. The quantitative estimate of drug-likeness (QED) is 0.422. The van der Waals surface area contributed by atoms with E-state index in [-0.39, 0.29) is 5.91 Å². The van der Waals surface area contributed by atoms with E-state index < -0.39 is 0 Å². The Bertz CT molecular complexity index is 792. The summed E-state index contributed by atoms with van der Waals surface area (Å²) in [7, 11) is 0. The van der Waals surface area contributed by atoms with E-state index in [1.807, 2.05) is 38.1 Å². The van der Waals surface area contributed by atoms with Crippen LogP contribution in [0.2, 0.25) is 0 Å². The second-order valence-electron chi connectivity index (χ2n) is 6.74. The second-order valence-corrected chi connectivity index (χ2v) is 6.74. The van der Waals surface area contributed by atoms with Gasteiger partial charge < -0.3 is 20.5 Å². The molecular formula is C22H33N5O2. The first-order valence-electron chi connectivity index (χ1n) is 10.5. The van der Waals surface area contributed by atoms with E-state index in [2.05, 4.69) is 39.9 Å². The molecular weight excluding hydrogens is 366 g/mol. The third-order valence-corrected chi connectivity index (χ3v) is 4.53. The number of aromatic nitrogens is 1. The van der Waals surface area contributed by atoms with Crippen LogP contribution in [0.1, 0.15) is 67.1 Å². The Kier molecular flexibility index (Phi) is 9.21. The van der Waals surface area contributed by atoms with Gasteiger partial charge in [0, 0.05) is 37.2 Å². The fourth-order valence-electron chi connectivity index (χ4n) is 2.97. The van der Waals surface area contributed by atoms with Gasteiger partial charge in [-0.05, 0) is 37.5 Å². The molecule has 2 rings (SSSR count). The maximum atomic E-state index is 12.2. The van der Waals surface area contributed by atoms with Gasteiger partial charge in [-0.3, -0.25) is 4.79 Å². The Labute approximate surface area is 173 Å². The molecule has 0 saturated heterocycles. The van der Waals surface area contributed by atoms with Crippen molar-refractivity contribution in [2.45, 2.75) is 60.0 Å². The molecule has 0 aliphatic carbocycles. The number of hydrogen-bond donors (Lipinski definition) is 3. The minimum absolute atomic E-state index is 0.0469. The lowest BCUT2D eigenvalue weighted by Crippen LogP contribution is -2.37. The third-order valence-electron chi connectivity index (χ3n) is 4.53. The van der Waals surface area contributed by atoms with Gasteiger partial charge in [-0.2, -0.15) is 0 Å². The Hall–Kier alpha value is -2.83. The number of carbonyl (C=O) groups is 1. The fraction of sp³-hybridized carbons (Fsp3) is 0.500. The van der Waals surface area contributed by atoms with Crippen molar-refractivity contribution in [2.24, 2.45) is 4.99 Å². The van der Waals surface area contributed by atoms with Crippen molar-refractivity contribution >= 4 is 11.9 Å². The smallest absolute Gasteiger partial charge is 0.251 e. The predicted octanol–water partition coefficient (Wildman–Crippen LogP) is 3.19. The zero-order chi connectivity index (χ0) is 21.1. The van der Waals surface area contributed by atoms with Crippen LogP contribution in [0.4, 0.5) is 0 Å². The summed E-state index contributed by atoms with van der Waals surface area (Å²) in [5, 5.41) is 13.7. The number of aryl methyl sites for hydroxylation is 2. The lowest BCUT2D eigenvalue weighted by molar-refractivity contribution is 0.0953. The van der Waals surface area contributed by atoms with E-state index in [1.54, 1.807) is 0 Å². The standard InChI is InChI=1S/C22H33N5O2/c1-5-12-24-21(28)17-11-9-10-16(13-17)14-25-22(23-8-4)26-15-18-19(6-2)27-29-20(18)7-3/h9-11,13H,5-8,12,14-15H2,1-4H3,(H,24,28)(H2,23,25,26). The number of amides is 1. The Morgan fingerprint density at radius 1 is 1.10 bits per heavy atom. The number of nitrogens with zero attached hydrogens (tertiary/aromatic N) is 2. The maximum Gasteiger partial charge on any atom is 0.251 e. The monoisotopic (exact) mass is 399 g/mol. The average molecular weight is 400 g/mol. The minimum Gasteiger partial charge on any atom is -0.361 e. The molecule has 0 aliphatic rings. The molecule has 2 aromatic rings.